The van der Waals surface area contributed by atoms with Crippen LogP contribution < -0.4 is 5.32 Å². The molecule has 0 radical (unpaired) electrons. The molecule has 168 valence electrons. The van der Waals surface area contributed by atoms with E-state index >= 15 is 0 Å². The standard InChI is InChI=1S/C23H33N5O3/c1-16(10-19-14-28(26-25-19)23(2,3)4)22(31)24-18-11-20(12-18)27(15-21(29)30)13-17-8-6-5-7-9-17/h5-9,14,16,18,20H,10-13,15H2,1-4H3,(H,24,31)(H,29,30)/t16-,18?,20?/m1/s1. The van der Waals surface area contributed by atoms with Gasteiger partial charge in [0.05, 0.1) is 17.8 Å². The summed E-state index contributed by atoms with van der Waals surface area (Å²) in [6.07, 6.45) is 3.96. The number of amides is 1. The van der Waals surface area contributed by atoms with Crippen molar-refractivity contribution in [1.29, 1.82) is 0 Å². The monoisotopic (exact) mass is 427 g/mol. The van der Waals surface area contributed by atoms with Crippen molar-refractivity contribution in [3.05, 3.63) is 47.8 Å². The molecule has 2 N–H and O–H groups in total. The summed E-state index contributed by atoms with van der Waals surface area (Å²) in [6, 6.07) is 10.1. The largest absolute Gasteiger partial charge is 0.480 e. The minimum Gasteiger partial charge on any atom is -0.480 e. The van der Waals surface area contributed by atoms with Crippen molar-refractivity contribution in [1.82, 2.24) is 25.2 Å². The Kier molecular flexibility index (Phi) is 7.10. The number of carbonyl (C=O) groups is 2. The minimum atomic E-state index is -0.833. The molecule has 1 aromatic heterocycles. The van der Waals surface area contributed by atoms with Gasteiger partial charge in [0.25, 0.3) is 0 Å². The van der Waals surface area contributed by atoms with Crippen LogP contribution in [0.15, 0.2) is 36.5 Å². The van der Waals surface area contributed by atoms with Gasteiger partial charge in [-0.3, -0.25) is 14.5 Å². The van der Waals surface area contributed by atoms with E-state index in [0.29, 0.717) is 13.0 Å². The van der Waals surface area contributed by atoms with Crippen LogP contribution in [-0.2, 0) is 28.1 Å². The molecule has 8 heteroatoms. The number of benzene rings is 1. The third-order valence-corrected chi connectivity index (χ3v) is 5.73. The maximum Gasteiger partial charge on any atom is 0.317 e. The van der Waals surface area contributed by atoms with Crippen LogP contribution >= 0.6 is 0 Å². The predicted octanol–water partition coefficient (Wildman–Crippen LogP) is 2.45. The molecular formula is C23H33N5O3. The molecule has 31 heavy (non-hydrogen) atoms. The van der Waals surface area contributed by atoms with Crippen molar-refractivity contribution >= 4 is 11.9 Å². The van der Waals surface area contributed by atoms with Crippen molar-refractivity contribution in [2.24, 2.45) is 5.92 Å². The lowest BCUT2D eigenvalue weighted by molar-refractivity contribution is -0.140. The Bertz CT molecular complexity index is 884. The zero-order valence-electron chi connectivity index (χ0n) is 18.8. The number of nitrogens with one attached hydrogen (secondary N) is 1. The molecule has 0 unspecified atom stereocenters. The highest BCUT2D eigenvalue weighted by atomic mass is 16.4. The van der Waals surface area contributed by atoms with Crippen LogP contribution in [0.4, 0.5) is 0 Å². The summed E-state index contributed by atoms with van der Waals surface area (Å²) in [5.74, 6) is -1.04. The Morgan fingerprint density at radius 2 is 1.94 bits per heavy atom. The van der Waals surface area contributed by atoms with Crippen LogP contribution in [0.3, 0.4) is 0 Å². The van der Waals surface area contributed by atoms with E-state index in [0.717, 1.165) is 24.1 Å². The average Bonchev–Trinajstić information content (AvgIpc) is 3.13. The summed E-state index contributed by atoms with van der Waals surface area (Å²) >= 11 is 0. The molecule has 0 spiro atoms. The zero-order chi connectivity index (χ0) is 22.6. The molecule has 2 aromatic rings. The lowest BCUT2D eigenvalue weighted by Gasteiger charge is -2.43. The first kappa shape index (κ1) is 22.9. The number of rotatable bonds is 9. The van der Waals surface area contributed by atoms with Crippen LogP contribution in [0.5, 0.6) is 0 Å². The van der Waals surface area contributed by atoms with Gasteiger partial charge in [0.2, 0.25) is 5.91 Å². The van der Waals surface area contributed by atoms with Crippen LogP contribution in [0.1, 0.15) is 51.8 Å². The summed E-state index contributed by atoms with van der Waals surface area (Å²) in [5.41, 5.74) is 1.76. The number of hydrogen-bond acceptors (Lipinski definition) is 5. The molecule has 1 heterocycles. The highest BCUT2D eigenvalue weighted by Gasteiger charge is 2.36. The molecule has 8 nitrogen and oxygen atoms in total. The minimum absolute atomic E-state index is 0.0000653. The second-order valence-corrected chi connectivity index (χ2v) is 9.55. The number of carbonyl (C=O) groups excluding carboxylic acids is 1. The van der Waals surface area contributed by atoms with Gasteiger partial charge in [-0.15, -0.1) is 5.10 Å². The Hall–Kier alpha value is -2.74. The number of carboxylic acid groups (broad SMARTS) is 1. The van der Waals surface area contributed by atoms with Crippen LogP contribution in [0, 0.1) is 5.92 Å². The first-order valence-corrected chi connectivity index (χ1v) is 10.8. The summed E-state index contributed by atoms with van der Waals surface area (Å²) in [5, 5.41) is 20.7. The maximum atomic E-state index is 12.6. The first-order valence-electron chi connectivity index (χ1n) is 10.8. The molecule has 1 amide bonds. The van der Waals surface area contributed by atoms with E-state index in [9.17, 15) is 14.7 Å². The molecule has 0 aliphatic heterocycles. The summed E-state index contributed by atoms with van der Waals surface area (Å²) in [4.78, 5) is 25.9. The van der Waals surface area contributed by atoms with Gasteiger partial charge in [-0.25, -0.2) is 4.68 Å². The lowest BCUT2D eigenvalue weighted by Crippen LogP contribution is -2.55. The molecule has 0 bridgehead atoms. The summed E-state index contributed by atoms with van der Waals surface area (Å²) in [7, 11) is 0. The fourth-order valence-electron chi connectivity index (χ4n) is 3.78. The number of carboxylic acids is 1. The summed E-state index contributed by atoms with van der Waals surface area (Å²) in [6.45, 7) is 8.66. The predicted molar refractivity (Wildman–Crippen MR) is 117 cm³/mol. The van der Waals surface area contributed by atoms with Gasteiger partial charge in [0.15, 0.2) is 0 Å². The molecule has 1 fully saturated rings. The van der Waals surface area contributed by atoms with Crippen LogP contribution in [-0.4, -0.2) is 55.5 Å². The fraction of sp³-hybridized carbons (Fsp3) is 0.565. The van der Waals surface area contributed by atoms with Crippen LogP contribution in [0.2, 0.25) is 0 Å². The van der Waals surface area contributed by atoms with Crippen molar-refractivity contribution < 1.29 is 14.7 Å². The molecule has 1 saturated carbocycles. The number of aliphatic carboxylic acids is 1. The van der Waals surface area contributed by atoms with Gasteiger partial charge >= 0.3 is 5.97 Å². The topological polar surface area (TPSA) is 100 Å². The van der Waals surface area contributed by atoms with Gasteiger partial charge in [-0.2, -0.15) is 0 Å². The third kappa shape index (κ3) is 6.37. The van der Waals surface area contributed by atoms with Gasteiger partial charge in [-0.05, 0) is 39.2 Å². The first-order chi connectivity index (χ1) is 14.6. The molecule has 0 saturated heterocycles. The van der Waals surface area contributed by atoms with Gasteiger partial charge < -0.3 is 10.4 Å². The Morgan fingerprint density at radius 3 is 2.52 bits per heavy atom. The third-order valence-electron chi connectivity index (χ3n) is 5.73. The average molecular weight is 428 g/mol. The number of aromatic nitrogens is 3. The van der Waals surface area contributed by atoms with E-state index in [1.807, 2.05) is 53.0 Å². The zero-order valence-corrected chi connectivity index (χ0v) is 18.8. The van der Waals surface area contributed by atoms with Crippen LogP contribution in [0.25, 0.3) is 0 Å². The van der Waals surface area contributed by atoms with E-state index in [4.69, 9.17) is 0 Å². The van der Waals surface area contributed by atoms with Crippen molar-refractivity contribution in [2.45, 2.75) is 71.1 Å². The fourth-order valence-corrected chi connectivity index (χ4v) is 3.78. The quantitative estimate of drug-likeness (QED) is 0.638. The van der Waals surface area contributed by atoms with Gasteiger partial charge in [0.1, 0.15) is 0 Å². The molecule has 3 rings (SSSR count). The second-order valence-electron chi connectivity index (χ2n) is 9.55. The van der Waals surface area contributed by atoms with E-state index < -0.39 is 5.97 Å². The summed E-state index contributed by atoms with van der Waals surface area (Å²) < 4.78 is 1.81. The Morgan fingerprint density at radius 1 is 1.26 bits per heavy atom. The molecular weight excluding hydrogens is 394 g/mol. The van der Waals surface area contributed by atoms with Crippen molar-refractivity contribution in [3.8, 4) is 0 Å². The number of nitrogens with zero attached hydrogens (tertiary/aromatic N) is 4. The van der Waals surface area contributed by atoms with Gasteiger partial charge in [-0.1, -0.05) is 42.5 Å². The van der Waals surface area contributed by atoms with E-state index in [-0.39, 0.29) is 36.0 Å². The highest BCUT2D eigenvalue weighted by Crippen LogP contribution is 2.27. The molecule has 1 aliphatic carbocycles. The Balaban J connectivity index is 1.48. The SMILES string of the molecule is C[C@H](Cc1cn(C(C)(C)C)nn1)C(=O)NC1CC(N(CC(=O)O)Cc2ccccc2)C1. The normalized spacial score (nSPS) is 19.6. The smallest absolute Gasteiger partial charge is 0.317 e. The van der Waals surface area contributed by atoms with Crippen molar-refractivity contribution in [3.63, 3.8) is 0 Å². The molecule has 1 aromatic carbocycles. The van der Waals surface area contributed by atoms with E-state index in [2.05, 4.69) is 36.4 Å². The molecule has 1 aliphatic rings. The van der Waals surface area contributed by atoms with E-state index in [1.165, 1.54) is 0 Å². The molecule has 1 atom stereocenters. The maximum absolute atomic E-state index is 12.6. The Labute approximate surface area is 183 Å². The van der Waals surface area contributed by atoms with Gasteiger partial charge in [0, 0.05) is 37.2 Å². The number of hydrogen-bond donors (Lipinski definition) is 2. The highest BCUT2D eigenvalue weighted by molar-refractivity contribution is 5.79. The van der Waals surface area contributed by atoms with Crippen molar-refractivity contribution in [2.75, 3.05) is 6.54 Å². The lowest BCUT2D eigenvalue weighted by atomic mass is 9.84. The second kappa shape index (κ2) is 9.60. The van der Waals surface area contributed by atoms with E-state index in [1.54, 1.807) is 0 Å².